The molecule has 2 rings (SSSR count). The van der Waals surface area contributed by atoms with Gasteiger partial charge >= 0.3 is 0 Å². The van der Waals surface area contributed by atoms with Gasteiger partial charge in [-0.15, -0.1) is 0 Å². The molecule has 3 N–H and O–H groups in total. The van der Waals surface area contributed by atoms with Gasteiger partial charge < -0.3 is 15.7 Å². The molecule has 1 aliphatic heterocycles. The van der Waals surface area contributed by atoms with Gasteiger partial charge in [0.15, 0.2) is 0 Å². The van der Waals surface area contributed by atoms with E-state index in [0.29, 0.717) is 11.6 Å². The summed E-state index contributed by atoms with van der Waals surface area (Å²) in [4.78, 5) is 13.0. The maximum Gasteiger partial charge on any atom is 0.134 e. The third kappa shape index (κ3) is 3.30. The van der Waals surface area contributed by atoms with Gasteiger partial charge in [-0.2, -0.15) is 0 Å². The number of hydrogen-bond donors (Lipinski definition) is 2. The molecule has 18 heavy (non-hydrogen) atoms. The number of hydrogen-bond acceptors (Lipinski definition) is 6. The summed E-state index contributed by atoms with van der Waals surface area (Å²) in [6.45, 7) is 6.68. The van der Waals surface area contributed by atoms with Gasteiger partial charge in [0.1, 0.15) is 17.5 Å². The maximum absolute atomic E-state index is 8.97. The molecule has 1 aromatic heterocycles. The highest BCUT2D eigenvalue weighted by Crippen LogP contribution is 2.16. The number of rotatable bonds is 3. The van der Waals surface area contributed by atoms with Crippen LogP contribution in [0.4, 0.5) is 11.6 Å². The van der Waals surface area contributed by atoms with E-state index in [9.17, 15) is 0 Å². The topological polar surface area (TPSA) is 78.5 Å². The van der Waals surface area contributed by atoms with Crippen LogP contribution in [0.1, 0.15) is 12.2 Å². The van der Waals surface area contributed by atoms with Gasteiger partial charge in [0.05, 0.1) is 6.61 Å². The minimum absolute atomic E-state index is 0.222. The highest BCUT2D eigenvalue weighted by molar-refractivity contribution is 5.47. The molecule has 1 aromatic rings. The van der Waals surface area contributed by atoms with Crippen molar-refractivity contribution in [2.24, 2.45) is 0 Å². The first kappa shape index (κ1) is 13.0. The third-order valence-corrected chi connectivity index (χ3v) is 3.17. The Hall–Kier alpha value is -1.40. The normalized spacial score (nSPS) is 17.8. The van der Waals surface area contributed by atoms with Crippen molar-refractivity contribution in [3.8, 4) is 0 Å². The predicted octanol–water partition coefficient (Wildman–Crippen LogP) is -0.128. The van der Waals surface area contributed by atoms with Crippen LogP contribution in [-0.4, -0.2) is 59.3 Å². The molecule has 1 aliphatic rings. The van der Waals surface area contributed by atoms with E-state index >= 15 is 0 Å². The first-order valence-electron chi connectivity index (χ1n) is 6.38. The number of aromatic nitrogens is 2. The van der Waals surface area contributed by atoms with E-state index in [4.69, 9.17) is 10.8 Å². The minimum atomic E-state index is 0.222. The molecular weight excluding hydrogens is 230 g/mol. The molecule has 100 valence electrons. The Kier molecular flexibility index (Phi) is 4.33. The summed E-state index contributed by atoms with van der Waals surface area (Å²) in [7, 11) is 0. The molecule has 6 nitrogen and oxygen atoms in total. The molecule has 0 spiro atoms. The first-order valence-corrected chi connectivity index (χ1v) is 6.38. The highest BCUT2D eigenvalue weighted by atomic mass is 16.3. The van der Waals surface area contributed by atoms with Crippen molar-refractivity contribution < 1.29 is 5.11 Å². The second-order valence-corrected chi connectivity index (χ2v) is 4.60. The van der Waals surface area contributed by atoms with Gasteiger partial charge in [0.25, 0.3) is 0 Å². The Labute approximate surface area is 107 Å². The smallest absolute Gasteiger partial charge is 0.134 e. The quantitative estimate of drug-likeness (QED) is 0.779. The number of aliphatic hydroxyl groups excluding tert-OH is 1. The molecule has 0 unspecified atom stereocenters. The fraction of sp³-hybridized carbons (Fsp3) is 0.667. The van der Waals surface area contributed by atoms with Gasteiger partial charge in [0.2, 0.25) is 0 Å². The Morgan fingerprint density at radius 1 is 1.28 bits per heavy atom. The van der Waals surface area contributed by atoms with Crippen LogP contribution in [0.5, 0.6) is 0 Å². The molecule has 2 heterocycles. The minimum Gasteiger partial charge on any atom is -0.395 e. The molecule has 1 fully saturated rings. The zero-order chi connectivity index (χ0) is 13.0. The summed E-state index contributed by atoms with van der Waals surface area (Å²) >= 11 is 0. The fourth-order valence-corrected chi connectivity index (χ4v) is 2.30. The number of β-amino-alcohol motifs (C(OH)–C–C–N with tert-alkyl or cyclic N) is 1. The van der Waals surface area contributed by atoms with Crippen LogP contribution in [0.25, 0.3) is 0 Å². The molecule has 6 heteroatoms. The van der Waals surface area contributed by atoms with Gasteiger partial charge in [-0.05, 0) is 19.9 Å². The molecule has 0 saturated carbocycles. The van der Waals surface area contributed by atoms with E-state index in [1.807, 2.05) is 13.0 Å². The maximum atomic E-state index is 8.97. The third-order valence-electron chi connectivity index (χ3n) is 3.17. The number of anilines is 2. The van der Waals surface area contributed by atoms with Gasteiger partial charge in [-0.25, -0.2) is 9.97 Å². The van der Waals surface area contributed by atoms with E-state index in [-0.39, 0.29) is 6.61 Å². The second kappa shape index (κ2) is 5.97. The molecule has 0 bridgehead atoms. The number of nitrogens with two attached hydrogens (primary N) is 1. The number of aryl methyl sites for hydroxylation is 1. The van der Waals surface area contributed by atoms with Crippen molar-refractivity contribution in [2.45, 2.75) is 13.3 Å². The average Bonchev–Trinajstić information content (AvgIpc) is 2.54. The molecular formula is C12H21N5O. The van der Waals surface area contributed by atoms with Gasteiger partial charge in [-0.1, -0.05) is 0 Å². The van der Waals surface area contributed by atoms with Crippen LogP contribution in [0.2, 0.25) is 0 Å². The van der Waals surface area contributed by atoms with Crippen molar-refractivity contribution in [3.05, 3.63) is 11.9 Å². The summed E-state index contributed by atoms with van der Waals surface area (Å²) in [6, 6.07) is 1.83. The summed E-state index contributed by atoms with van der Waals surface area (Å²) in [5, 5.41) is 8.97. The Morgan fingerprint density at radius 2 is 2.11 bits per heavy atom. The fourth-order valence-electron chi connectivity index (χ4n) is 2.30. The zero-order valence-corrected chi connectivity index (χ0v) is 10.8. The Bertz CT molecular complexity index is 378. The molecule has 0 radical (unpaired) electrons. The van der Waals surface area contributed by atoms with E-state index in [1.54, 1.807) is 0 Å². The zero-order valence-electron chi connectivity index (χ0n) is 10.8. The molecule has 1 saturated heterocycles. The lowest BCUT2D eigenvalue weighted by atomic mass is 10.3. The lowest BCUT2D eigenvalue weighted by Crippen LogP contribution is -2.32. The Balaban J connectivity index is 2.05. The summed E-state index contributed by atoms with van der Waals surface area (Å²) < 4.78 is 0. The van der Waals surface area contributed by atoms with Crippen LogP contribution in [0, 0.1) is 6.92 Å². The van der Waals surface area contributed by atoms with E-state index < -0.39 is 0 Å². The number of nitrogens with zero attached hydrogens (tertiary/aromatic N) is 4. The molecule has 0 atom stereocenters. The van der Waals surface area contributed by atoms with Crippen molar-refractivity contribution in [3.63, 3.8) is 0 Å². The van der Waals surface area contributed by atoms with Crippen molar-refractivity contribution in [1.29, 1.82) is 0 Å². The largest absolute Gasteiger partial charge is 0.395 e. The molecule has 0 aromatic carbocycles. The van der Waals surface area contributed by atoms with E-state index in [0.717, 1.165) is 45.0 Å². The van der Waals surface area contributed by atoms with E-state index in [2.05, 4.69) is 19.8 Å². The van der Waals surface area contributed by atoms with Crippen LogP contribution < -0.4 is 10.6 Å². The lowest BCUT2D eigenvalue weighted by Gasteiger charge is -2.22. The van der Waals surface area contributed by atoms with Crippen LogP contribution in [-0.2, 0) is 0 Å². The summed E-state index contributed by atoms with van der Waals surface area (Å²) in [5.41, 5.74) is 5.76. The monoisotopic (exact) mass is 251 g/mol. The van der Waals surface area contributed by atoms with E-state index in [1.165, 1.54) is 0 Å². The van der Waals surface area contributed by atoms with Gasteiger partial charge in [0, 0.05) is 32.2 Å². The van der Waals surface area contributed by atoms with Crippen LogP contribution in [0.15, 0.2) is 6.07 Å². The molecule has 0 aliphatic carbocycles. The van der Waals surface area contributed by atoms with Crippen molar-refractivity contribution in [2.75, 3.05) is 50.0 Å². The number of aliphatic hydroxyl groups is 1. The first-order chi connectivity index (χ1) is 8.69. The van der Waals surface area contributed by atoms with Crippen molar-refractivity contribution in [1.82, 2.24) is 14.9 Å². The SMILES string of the molecule is Cc1nc(N)cc(N2CCCN(CCO)CC2)n1. The average molecular weight is 251 g/mol. The standard InChI is InChI=1S/C12H21N5O/c1-10-14-11(13)9-12(15-10)17-4-2-3-16(5-6-17)7-8-18/h9,18H,2-8H2,1H3,(H2,13,14,15). The van der Waals surface area contributed by atoms with Crippen molar-refractivity contribution >= 4 is 11.6 Å². The number of nitrogen functional groups attached to an aromatic ring is 1. The Morgan fingerprint density at radius 3 is 2.83 bits per heavy atom. The van der Waals surface area contributed by atoms with Crippen LogP contribution >= 0.6 is 0 Å². The van der Waals surface area contributed by atoms with Crippen LogP contribution in [0.3, 0.4) is 0 Å². The highest BCUT2D eigenvalue weighted by Gasteiger charge is 2.16. The second-order valence-electron chi connectivity index (χ2n) is 4.60. The summed E-state index contributed by atoms with van der Waals surface area (Å²) in [6.07, 6.45) is 1.07. The molecule has 0 amide bonds. The predicted molar refractivity (Wildman–Crippen MR) is 71.5 cm³/mol. The van der Waals surface area contributed by atoms with Gasteiger partial charge in [-0.3, -0.25) is 4.90 Å². The lowest BCUT2D eigenvalue weighted by molar-refractivity contribution is 0.204. The summed E-state index contributed by atoms with van der Waals surface area (Å²) in [5.74, 6) is 2.14.